The Morgan fingerprint density at radius 1 is 1.45 bits per heavy atom. The lowest BCUT2D eigenvalue weighted by Gasteiger charge is -2.22. The molecule has 2 N–H and O–H groups in total. The van der Waals surface area contributed by atoms with E-state index < -0.39 is 22.2 Å². The summed E-state index contributed by atoms with van der Waals surface area (Å²) in [6.45, 7) is 0.0218. The molecule has 2 rings (SSSR count). The highest BCUT2D eigenvalue weighted by Crippen LogP contribution is 2.28. The number of rotatable bonds is 4. The van der Waals surface area contributed by atoms with Crippen molar-refractivity contribution in [3.05, 3.63) is 39.7 Å². The van der Waals surface area contributed by atoms with Gasteiger partial charge in [0.25, 0.3) is 11.6 Å². The Kier molecular flexibility index (Phi) is 3.99. The molecule has 1 aliphatic carbocycles. The largest absolute Gasteiger partial charge is 0.388 e. The summed E-state index contributed by atoms with van der Waals surface area (Å²) in [6.07, 6.45) is 2.95. The summed E-state index contributed by atoms with van der Waals surface area (Å²) in [6, 6.07) is 2.78. The Morgan fingerprint density at radius 3 is 2.70 bits per heavy atom. The molecule has 1 saturated carbocycles. The van der Waals surface area contributed by atoms with Gasteiger partial charge in [-0.05, 0) is 18.9 Å². The van der Waals surface area contributed by atoms with Crippen LogP contribution in [0.25, 0.3) is 0 Å². The molecular weight excluding hydrogens is 267 g/mol. The van der Waals surface area contributed by atoms with Gasteiger partial charge in [0, 0.05) is 18.7 Å². The summed E-state index contributed by atoms with van der Waals surface area (Å²) in [4.78, 5) is 21.8. The van der Waals surface area contributed by atoms with Gasteiger partial charge in [0.15, 0.2) is 0 Å². The summed E-state index contributed by atoms with van der Waals surface area (Å²) in [5, 5.41) is 23.1. The Morgan fingerprint density at radius 2 is 2.10 bits per heavy atom. The average Bonchev–Trinajstić information content (AvgIpc) is 2.84. The number of aliphatic hydroxyl groups is 1. The van der Waals surface area contributed by atoms with Crippen molar-refractivity contribution in [1.29, 1.82) is 0 Å². The second kappa shape index (κ2) is 5.54. The van der Waals surface area contributed by atoms with Crippen molar-refractivity contribution >= 4 is 11.6 Å². The third-order valence-electron chi connectivity index (χ3n) is 3.52. The highest BCUT2D eigenvalue weighted by molar-refractivity contribution is 5.95. The van der Waals surface area contributed by atoms with Crippen LogP contribution in [0.1, 0.15) is 36.0 Å². The summed E-state index contributed by atoms with van der Waals surface area (Å²) < 4.78 is 13.5. The topological polar surface area (TPSA) is 92.5 Å². The zero-order valence-corrected chi connectivity index (χ0v) is 10.8. The van der Waals surface area contributed by atoms with E-state index in [1.54, 1.807) is 0 Å². The van der Waals surface area contributed by atoms with Crippen molar-refractivity contribution in [2.75, 3.05) is 6.54 Å². The molecule has 0 atom stereocenters. The number of nitrogens with zero attached hydrogens (tertiary/aromatic N) is 1. The number of hydrogen-bond acceptors (Lipinski definition) is 4. The molecule has 1 aromatic rings. The Bertz CT molecular complexity index is 541. The first-order chi connectivity index (χ1) is 9.41. The maximum Gasteiger partial charge on any atom is 0.270 e. The molecule has 0 radical (unpaired) electrons. The third-order valence-corrected chi connectivity index (χ3v) is 3.52. The average molecular weight is 282 g/mol. The van der Waals surface area contributed by atoms with E-state index in [2.05, 4.69) is 5.32 Å². The fourth-order valence-electron chi connectivity index (χ4n) is 2.35. The molecule has 1 aliphatic rings. The molecule has 20 heavy (non-hydrogen) atoms. The number of nitro groups is 1. The lowest BCUT2D eigenvalue weighted by atomic mass is 10.0. The second-order valence-corrected chi connectivity index (χ2v) is 5.04. The SMILES string of the molecule is O=C(NCC1(O)CCCC1)c1cc([N+](=O)[O-])ccc1F. The number of amides is 1. The van der Waals surface area contributed by atoms with Gasteiger partial charge in [0.05, 0.1) is 16.1 Å². The number of benzene rings is 1. The van der Waals surface area contributed by atoms with E-state index in [1.807, 2.05) is 0 Å². The van der Waals surface area contributed by atoms with Crippen LogP contribution in [-0.2, 0) is 0 Å². The summed E-state index contributed by atoms with van der Waals surface area (Å²) in [5.74, 6) is -1.59. The first-order valence-corrected chi connectivity index (χ1v) is 6.36. The quantitative estimate of drug-likeness (QED) is 0.650. The standard InChI is InChI=1S/C13H15FN2O4/c14-11-4-3-9(16(19)20)7-10(11)12(17)15-8-13(18)5-1-2-6-13/h3-4,7,18H,1-2,5-6,8H2,(H,15,17). The lowest BCUT2D eigenvalue weighted by molar-refractivity contribution is -0.384. The molecule has 0 aromatic heterocycles. The van der Waals surface area contributed by atoms with Gasteiger partial charge in [-0.3, -0.25) is 14.9 Å². The van der Waals surface area contributed by atoms with E-state index in [9.17, 15) is 24.4 Å². The fourth-order valence-corrected chi connectivity index (χ4v) is 2.35. The zero-order chi connectivity index (χ0) is 14.8. The van der Waals surface area contributed by atoms with Gasteiger partial charge in [-0.15, -0.1) is 0 Å². The van der Waals surface area contributed by atoms with E-state index >= 15 is 0 Å². The third kappa shape index (κ3) is 3.11. The van der Waals surface area contributed by atoms with Crippen LogP contribution in [0.5, 0.6) is 0 Å². The highest BCUT2D eigenvalue weighted by atomic mass is 19.1. The van der Waals surface area contributed by atoms with Crippen LogP contribution in [0.15, 0.2) is 18.2 Å². The number of hydrogen-bond donors (Lipinski definition) is 2. The van der Waals surface area contributed by atoms with Crippen molar-refractivity contribution in [3.8, 4) is 0 Å². The molecule has 0 heterocycles. The van der Waals surface area contributed by atoms with Crippen molar-refractivity contribution in [3.63, 3.8) is 0 Å². The molecule has 0 aliphatic heterocycles. The minimum absolute atomic E-state index is 0.0218. The molecule has 1 amide bonds. The van der Waals surface area contributed by atoms with E-state index in [1.165, 1.54) is 0 Å². The number of non-ortho nitro benzene ring substituents is 1. The molecule has 0 spiro atoms. The van der Waals surface area contributed by atoms with Gasteiger partial charge in [-0.2, -0.15) is 0 Å². The number of nitro benzene ring substituents is 1. The lowest BCUT2D eigenvalue weighted by Crippen LogP contribution is -2.41. The number of halogens is 1. The Balaban J connectivity index is 2.08. The van der Waals surface area contributed by atoms with E-state index in [0.29, 0.717) is 12.8 Å². The Labute approximate surface area is 114 Å². The van der Waals surface area contributed by atoms with Crippen molar-refractivity contribution in [1.82, 2.24) is 5.32 Å². The zero-order valence-electron chi connectivity index (χ0n) is 10.8. The van der Waals surface area contributed by atoms with Gasteiger partial charge in [-0.25, -0.2) is 4.39 Å². The van der Waals surface area contributed by atoms with Crippen molar-refractivity contribution < 1.29 is 19.2 Å². The monoisotopic (exact) mass is 282 g/mol. The predicted octanol–water partition coefficient (Wildman–Crippen LogP) is 1.77. The van der Waals surface area contributed by atoms with Gasteiger partial charge in [0.2, 0.25) is 0 Å². The molecule has 1 fully saturated rings. The van der Waals surface area contributed by atoms with Gasteiger partial charge >= 0.3 is 0 Å². The number of nitrogens with one attached hydrogen (secondary N) is 1. The molecule has 108 valence electrons. The smallest absolute Gasteiger partial charge is 0.270 e. The van der Waals surface area contributed by atoms with Crippen molar-refractivity contribution in [2.24, 2.45) is 0 Å². The van der Waals surface area contributed by atoms with Crippen LogP contribution in [0.4, 0.5) is 10.1 Å². The molecule has 6 nitrogen and oxygen atoms in total. The normalized spacial score (nSPS) is 16.9. The van der Waals surface area contributed by atoms with Crippen LogP contribution in [0.3, 0.4) is 0 Å². The first-order valence-electron chi connectivity index (χ1n) is 6.36. The maximum absolute atomic E-state index is 13.5. The predicted molar refractivity (Wildman–Crippen MR) is 68.8 cm³/mol. The molecular formula is C13H15FN2O4. The molecule has 0 bridgehead atoms. The minimum atomic E-state index is -0.952. The van der Waals surface area contributed by atoms with Crippen LogP contribution in [0, 0.1) is 15.9 Å². The van der Waals surface area contributed by atoms with Crippen LogP contribution >= 0.6 is 0 Å². The van der Waals surface area contributed by atoms with E-state index in [-0.39, 0.29) is 17.8 Å². The van der Waals surface area contributed by atoms with E-state index in [4.69, 9.17) is 0 Å². The highest BCUT2D eigenvalue weighted by Gasteiger charge is 2.31. The van der Waals surface area contributed by atoms with Crippen molar-refractivity contribution in [2.45, 2.75) is 31.3 Å². The van der Waals surface area contributed by atoms with Crippen LogP contribution in [0.2, 0.25) is 0 Å². The second-order valence-electron chi connectivity index (χ2n) is 5.04. The van der Waals surface area contributed by atoms with E-state index in [0.717, 1.165) is 31.0 Å². The molecule has 7 heteroatoms. The summed E-state index contributed by atoms with van der Waals surface area (Å²) in [7, 11) is 0. The van der Waals surface area contributed by atoms with Crippen LogP contribution in [-0.4, -0.2) is 28.1 Å². The molecule has 1 aromatic carbocycles. The number of carbonyl (C=O) groups excluding carboxylic acids is 1. The fraction of sp³-hybridized carbons (Fsp3) is 0.462. The van der Waals surface area contributed by atoms with Gasteiger partial charge < -0.3 is 10.4 Å². The Hall–Kier alpha value is -2.02. The van der Waals surface area contributed by atoms with Crippen LogP contribution < -0.4 is 5.32 Å². The number of carbonyl (C=O) groups is 1. The minimum Gasteiger partial charge on any atom is -0.388 e. The first kappa shape index (κ1) is 14.4. The molecule has 0 unspecified atom stereocenters. The summed E-state index contributed by atoms with van der Waals surface area (Å²) >= 11 is 0. The van der Waals surface area contributed by atoms with Gasteiger partial charge in [0.1, 0.15) is 5.82 Å². The van der Waals surface area contributed by atoms with Gasteiger partial charge in [-0.1, -0.05) is 12.8 Å². The summed E-state index contributed by atoms with van der Waals surface area (Å²) in [5.41, 5.74) is -1.69. The molecule has 0 saturated heterocycles. The maximum atomic E-state index is 13.5.